The molecular formula is C10H17NO4. The Labute approximate surface area is 89.0 Å². The highest BCUT2D eigenvalue weighted by Crippen LogP contribution is 2.22. The number of carboxylic acid groups (broad SMARTS) is 1. The minimum Gasteiger partial charge on any atom is -0.480 e. The normalized spacial score (nSPS) is 26.0. The Hall–Kier alpha value is -1.10. The van der Waals surface area contributed by atoms with Crippen LogP contribution in [0.15, 0.2) is 0 Å². The molecular weight excluding hydrogens is 198 g/mol. The van der Waals surface area contributed by atoms with Gasteiger partial charge in [-0.15, -0.1) is 0 Å². The van der Waals surface area contributed by atoms with Crippen molar-refractivity contribution >= 4 is 11.9 Å². The molecule has 1 N–H and O–H groups in total. The number of hydrogen-bond acceptors (Lipinski definition) is 3. The van der Waals surface area contributed by atoms with Crippen molar-refractivity contribution in [3.05, 3.63) is 0 Å². The van der Waals surface area contributed by atoms with E-state index in [2.05, 4.69) is 0 Å². The van der Waals surface area contributed by atoms with Gasteiger partial charge in [0, 0.05) is 26.0 Å². The van der Waals surface area contributed by atoms with Gasteiger partial charge in [0.05, 0.1) is 6.10 Å². The summed E-state index contributed by atoms with van der Waals surface area (Å²) in [6.45, 7) is 3.91. The summed E-state index contributed by atoms with van der Waals surface area (Å²) in [5, 5.41) is 8.98. The highest BCUT2D eigenvalue weighted by molar-refractivity contribution is 5.85. The number of amides is 1. The lowest BCUT2D eigenvalue weighted by atomic mass is 10.1. The molecule has 0 aliphatic carbocycles. The summed E-state index contributed by atoms with van der Waals surface area (Å²) in [4.78, 5) is 24.1. The van der Waals surface area contributed by atoms with Crippen molar-refractivity contribution < 1.29 is 19.4 Å². The van der Waals surface area contributed by atoms with E-state index in [-0.39, 0.29) is 17.9 Å². The second-order valence-electron chi connectivity index (χ2n) is 4.09. The van der Waals surface area contributed by atoms with Crippen molar-refractivity contribution in [1.29, 1.82) is 0 Å². The van der Waals surface area contributed by atoms with E-state index in [1.54, 1.807) is 13.8 Å². The van der Waals surface area contributed by atoms with E-state index in [1.165, 1.54) is 12.0 Å². The molecule has 1 aliphatic heterocycles. The third-order valence-corrected chi connectivity index (χ3v) is 2.66. The Morgan fingerprint density at radius 2 is 2.07 bits per heavy atom. The zero-order chi connectivity index (χ0) is 11.6. The van der Waals surface area contributed by atoms with E-state index >= 15 is 0 Å². The van der Waals surface area contributed by atoms with Crippen LogP contribution in [-0.2, 0) is 14.3 Å². The first-order valence-corrected chi connectivity index (χ1v) is 5.03. The summed E-state index contributed by atoms with van der Waals surface area (Å²) in [6.07, 6.45) is 0.221. The first kappa shape index (κ1) is 12.0. The van der Waals surface area contributed by atoms with Gasteiger partial charge in [0.2, 0.25) is 5.91 Å². The molecule has 0 spiro atoms. The number of methoxy groups -OCH3 is 1. The maximum Gasteiger partial charge on any atom is 0.326 e. The standard InChI is InChI=1S/C10H17NO4/c1-6(2)9(12)11-5-7(15-3)4-8(11)10(13)14/h6-8H,4-5H2,1-3H3,(H,13,14)/t7-,8+/m1/s1. The second kappa shape index (κ2) is 4.61. The number of ether oxygens (including phenoxy) is 1. The van der Waals surface area contributed by atoms with Crippen molar-refractivity contribution in [2.24, 2.45) is 5.92 Å². The van der Waals surface area contributed by atoms with Crippen LogP contribution in [0.1, 0.15) is 20.3 Å². The Balaban J connectivity index is 2.77. The largest absolute Gasteiger partial charge is 0.480 e. The van der Waals surface area contributed by atoms with Gasteiger partial charge >= 0.3 is 5.97 Å². The molecule has 2 atom stereocenters. The van der Waals surface area contributed by atoms with Gasteiger partial charge in [-0.3, -0.25) is 4.79 Å². The predicted octanol–water partition coefficient (Wildman–Crippen LogP) is 0.343. The van der Waals surface area contributed by atoms with Crippen LogP contribution < -0.4 is 0 Å². The molecule has 15 heavy (non-hydrogen) atoms. The monoisotopic (exact) mass is 215 g/mol. The summed E-state index contributed by atoms with van der Waals surface area (Å²) in [5.74, 6) is -1.26. The van der Waals surface area contributed by atoms with Gasteiger partial charge in [-0.05, 0) is 0 Å². The summed E-state index contributed by atoms with van der Waals surface area (Å²) in [6, 6.07) is -0.732. The lowest BCUT2D eigenvalue weighted by Gasteiger charge is -2.23. The van der Waals surface area contributed by atoms with Crippen LogP contribution in [-0.4, -0.2) is 47.7 Å². The van der Waals surface area contributed by atoms with Gasteiger partial charge in [-0.1, -0.05) is 13.8 Å². The van der Waals surface area contributed by atoms with Crippen molar-refractivity contribution in [3.8, 4) is 0 Å². The van der Waals surface area contributed by atoms with Crippen LogP contribution in [0, 0.1) is 5.92 Å². The number of carboxylic acids is 1. The van der Waals surface area contributed by atoms with Gasteiger partial charge in [-0.2, -0.15) is 0 Å². The molecule has 0 unspecified atom stereocenters. The van der Waals surface area contributed by atoms with E-state index in [9.17, 15) is 9.59 Å². The van der Waals surface area contributed by atoms with E-state index in [0.717, 1.165) is 0 Å². The van der Waals surface area contributed by atoms with Crippen molar-refractivity contribution in [1.82, 2.24) is 4.90 Å². The lowest BCUT2D eigenvalue weighted by molar-refractivity contribution is -0.149. The first-order chi connectivity index (χ1) is 6.97. The van der Waals surface area contributed by atoms with Crippen LogP contribution in [0.3, 0.4) is 0 Å². The SMILES string of the molecule is CO[C@@H]1C[C@@H](C(=O)O)N(C(=O)C(C)C)C1. The summed E-state index contributed by atoms with van der Waals surface area (Å²) >= 11 is 0. The lowest BCUT2D eigenvalue weighted by Crippen LogP contribution is -2.42. The molecule has 5 heteroatoms. The van der Waals surface area contributed by atoms with Crippen LogP contribution in [0.2, 0.25) is 0 Å². The zero-order valence-electron chi connectivity index (χ0n) is 9.27. The van der Waals surface area contributed by atoms with Crippen LogP contribution in [0.4, 0.5) is 0 Å². The number of carbonyl (C=O) groups is 2. The van der Waals surface area contributed by atoms with Gasteiger partial charge in [0.1, 0.15) is 6.04 Å². The van der Waals surface area contributed by atoms with Gasteiger partial charge in [0.25, 0.3) is 0 Å². The third-order valence-electron chi connectivity index (χ3n) is 2.66. The van der Waals surface area contributed by atoms with Gasteiger partial charge in [0.15, 0.2) is 0 Å². The maximum absolute atomic E-state index is 11.7. The number of hydrogen-bond donors (Lipinski definition) is 1. The fourth-order valence-electron chi connectivity index (χ4n) is 1.78. The number of carbonyl (C=O) groups excluding carboxylic acids is 1. The molecule has 0 saturated carbocycles. The molecule has 1 aliphatic rings. The van der Waals surface area contributed by atoms with E-state index < -0.39 is 12.0 Å². The Bertz CT molecular complexity index is 264. The summed E-state index contributed by atoms with van der Waals surface area (Å²) in [7, 11) is 1.53. The number of aliphatic carboxylic acids is 1. The van der Waals surface area contributed by atoms with Crippen molar-refractivity contribution in [2.75, 3.05) is 13.7 Å². The number of likely N-dealkylation sites (tertiary alicyclic amines) is 1. The molecule has 1 fully saturated rings. The summed E-state index contributed by atoms with van der Waals surface area (Å²) in [5.41, 5.74) is 0. The zero-order valence-corrected chi connectivity index (χ0v) is 9.27. The van der Waals surface area contributed by atoms with Crippen molar-refractivity contribution in [3.63, 3.8) is 0 Å². The molecule has 0 radical (unpaired) electrons. The van der Waals surface area contributed by atoms with Crippen LogP contribution in [0.25, 0.3) is 0 Å². The smallest absolute Gasteiger partial charge is 0.326 e. The molecule has 0 bridgehead atoms. The molecule has 0 aromatic carbocycles. The Kier molecular flexibility index (Phi) is 3.68. The minimum absolute atomic E-state index is 0.123. The molecule has 1 amide bonds. The number of nitrogens with zero attached hydrogens (tertiary/aromatic N) is 1. The van der Waals surface area contributed by atoms with E-state index in [4.69, 9.17) is 9.84 Å². The molecule has 1 saturated heterocycles. The van der Waals surface area contributed by atoms with E-state index in [1.807, 2.05) is 0 Å². The average Bonchev–Trinajstić information content (AvgIpc) is 2.60. The third kappa shape index (κ3) is 2.47. The molecule has 1 heterocycles. The summed E-state index contributed by atoms with van der Waals surface area (Å²) < 4.78 is 5.09. The molecule has 86 valence electrons. The average molecular weight is 215 g/mol. The maximum atomic E-state index is 11.7. The minimum atomic E-state index is -0.955. The molecule has 0 aromatic heterocycles. The Morgan fingerprint density at radius 3 is 2.47 bits per heavy atom. The topological polar surface area (TPSA) is 66.8 Å². The fourth-order valence-corrected chi connectivity index (χ4v) is 1.78. The van der Waals surface area contributed by atoms with Gasteiger partial charge < -0.3 is 14.7 Å². The fraction of sp³-hybridized carbons (Fsp3) is 0.800. The second-order valence-corrected chi connectivity index (χ2v) is 4.09. The highest BCUT2D eigenvalue weighted by atomic mass is 16.5. The van der Waals surface area contributed by atoms with E-state index in [0.29, 0.717) is 13.0 Å². The van der Waals surface area contributed by atoms with Crippen LogP contribution >= 0.6 is 0 Å². The molecule has 1 rings (SSSR count). The molecule has 5 nitrogen and oxygen atoms in total. The van der Waals surface area contributed by atoms with Gasteiger partial charge in [-0.25, -0.2) is 4.79 Å². The quantitative estimate of drug-likeness (QED) is 0.737. The van der Waals surface area contributed by atoms with Crippen molar-refractivity contribution in [2.45, 2.75) is 32.4 Å². The predicted molar refractivity (Wildman–Crippen MR) is 53.4 cm³/mol. The molecule has 0 aromatic rings. The first-order valence-electron chi connectivity index (χ1n) is 5.03. The Morgan fingerprint density at radius 1 is 1.47 bits per heavy atom. The van der Waals surface area contributed by atoms with Crippen LogP contribution in [0.5, 0.6) is 0 Å². The highest BCUT2D eigenvalue weighted by Gasteiger charge is 2.40. The number of rotatable bonds is 3.